The third kappa shape index (κ3) is 19.3. The fraction of sp³-hybridized carbons (Fsp3) is 1.00. The Morgan fingerprint density at radius 1 is 0.217 bits per heavy atom. The van der Waals surface area contributed by atoms with Crippen LogP contribution in [0.3, 0.4) is 0 Å². The van der Waals surface area contributed by atoms with Gasteiger partial charge in [0, 0.05) is 23.0 Å². The van der Waals surface area contributed by atoms with Gasteiger partial charge in [0.1, 0.15) is 171 Å². The zero-order valence-electron chi connectivity index (χ0n) is 50.2. The summed E-state index contributed by atoms with van der Waals surface area (Å²) >= 11 is 16.0. The second-order valence-corrected chi connectivity index (χ2v) is 24.8. The lowest BCUT2D eigenvalue weighted by Crippen LogP contribution is -2.64. The van der Waals surface area contributed by atoms with Crippen LogP contribution in [0.15, 0.2) is 0 Å². The van der Waals surface area contributed by atoms with Gasteiger partial charge in [-0.3, -0.25) is 0 Å². The highest BCUT2D eigenvalue weighted by Gasteiger charge is 2.54. The predicted octanol–water partition coefficient (Wildman–Crippen LogP) is -13.6. The lowest BCUT2D eigenvalue weighted by molar-refractivity contribution is -0.336. The summed E-state index contributed by atoms with van der Waals surface area (Å²) in [6.07, 6.45) is -48.8. The predicted molar refractivity (Wildman–Crippen MR) is 315 cm³/mol. The van der Waals surface area contributed by atoms with Gasteiger partial charge in [0.05, 0.1) is 75.3 Å². The quantitative estimate of drug-likeness (QED) is 0.0638. The molecule has 0 aromatic rings. The second kappa shape index (κ2) is 37.6. The summed E-state index contributed by atoms with van der Waals surface area (Å²) < 4.78 is 64.7. The summed E-state index contributed by atoms with van der Waals surface area (Å²) in [5, 5.41) is 236. The van der Waals surface area contributed by atoms with Gasteiger partial charge >= 0.3 is 0 Å². The molecule has 8 saturated heterocycles. The van der Waals surface area contributed by atoms with Crippen LogP contribution in [0.25, 0.3) is 0 Å². The Labute approximate surface area is 549 Å². The number of thiol groups is 4. The van der Waals surface area contributed by atoms with Crippen molar-refractivity contribution in [1.82, 2.24) is 0 Å². The van der Waals surface area contributed by atoms with Crippen LogP contribution in [0, 0.1) is 0 Å². The highest BCUT2D eigenvalue weighted by atomic mass is 32.1. The summed E-state index contributed by atoms with van der Waals surface area (Å²) in [6, 6.07) is 0. The molecular formula is C52H96O36S4. The van der Waals surface area contributed by atoms with Crippen LogP contribution in [-0.2, 0) is 56.8 Å². The number of aliphatic hydroxyl groups is 24. The molecule has 0 aromatic carbocycles. The molecule has 92 heavy (non-hydrogen) atoms. The number of ether oxygens (including phenoxy) is 12. The average Bonchev–Trinajstić information content (AvgIpc) is 0.852. The highest BCUT2D eigenvalue weighted by molar-refractivity contribution is 7.80. The van der Waals surface area contributed by atoms with E-state index in [0.29, 0.717) is 0 Å². The molecule has 8 rings (SSSR count). The first-order valence-corrected chi connectivity index (χ1v) is 32.1. The fourth-order valence-electron chi connectivity index (χ4n) is 11.1. The van der Waals surface area contributed by atoms with Gasteiger partial charge in [-0.15, -0.1) is 0 Å². The van der Waals surface area contributed by atoms with Crippen molar-refractivity contribution < 1.29 is 179 Å². The largest absolute Gasteiger partial charge is 0.394 e. The molecule has 544 valence electrons. The topological polar surface area (TPSA) is 596 Å². The third-order valence-electron chi connectivity index (χ3n) is 17.0. The molecule has 40 atom stereocenters. The smallest absolute Gasteiger partial charge is 0.187 e. The van der Waals surface area contributed by atoms with Crippen LogP contribution in [-0.4, -0.2) is 417 Å². The zero-order valence-corrected chi connectivity index (χ0v) is 53.7. The Morgan fingerprint density at radius 3 is 0.522 bits per heavy atom. The van der Waals surface area contributed by atoms with Gasteiger partial charge < -0.3 is 179 Å². The summed E-state index contributed by atoms with van der Waals surface area (Å²) in [6.45, 7) is 4.22. The summed E-state index contributed by atoms with van der Waals surface area (Å²) in [7, 11) is 0. The Balaban J connectivity index is 0.000000223. The van der Waals surface area contributed by atoms with E-state index in [0.717, 1.165) is 0 Å². The van der Waals surface area contributed by atoms with Gasteiger partial charge in [0.15, 0.2) is 25.2 Å². The van der Waals surface area contributed by atoms with E-state index < -0.39 is 271 Å². The summed E-state index contributed by atoms with van der Waals surface area (Å²) in [5.41, 5.74) is 0. The van der Waals surface area contributed by atoms with Crippen molar-refractivity contribution in [1.29, 1.82) is 0 Å². The molecule has 0 radical (unpaired) electrons. The Morgan fingerprint density at radius 2 is 0.380 bits per heavy atom. The zero-order chi connectivity index (χ0) is 69.2. The van der Waals surface area contributed by atoms with E-state index in [1.165, 1.54) is 27.7 Å². The fourth-order valence-corrected chi connectivity index (χ4v) is 12.3. The normalized spacial score (nSPS) is 51.7. The molecule has 36 nitrogen and oxygen atoms in total. The maximum Gasteiger partial charge on any atom is 0.187 e. The van der Waals surface area contributed by atoms with Gasteiger partial charge in [0.25, 0.3) is 0 Å². The van der Waals surface area contributed by atoms with Crippen molar-refractivity contribution >= 4 is 50.5 Å². The maximum atomic E-state index is 10.1. The molecule has 0 spiro atoms. The molecule has 40 heteroatoms. The van der Waals surface area contributed by atoms with Crippen LogP contribution < -0.4 is 0 Å². The van der Waals surface area contributed by atoms with Gasteiger partial charge in [-0.1, -0.05) is 0 Å². The summed E-state index contributed by atoms with van der Waals surface area (Å²) in [4.78, 5) is 0. The first-order valence-electron chi connectivity index (χ1n) is 29.6. The Bertz CT molecular complexity index is 1810. The van der Waals surface area contributed by atoms with Gasteiger partial charge in [0.2, 0.25) is 0 Å². The molecule has 8 heterocycles. The third-order valence-corrected chi connectivity index (χ3v) is 18.4. The van der Waals surface area contributed by atoms with Crippen molar-refractivity contribution in [2.45, 2.75) is 273 Å². The lowest BCUT2D eigenvalue weighted by atomic mass is 9.95. The molecular weight excluding hydrogens is 1330 g/mol. The van der Waals surface area contributed by atoms with E-state index in [2.05, 4.69) is 50.5 Å². The van der Waals surface area contributed by atoms with Crippen molar-refractivity contribution in [2.75, 3.05) is 49.4 Å². The maximum absolute atomic E-state index is 10.1. The van der Waals surface area contributed by atoms with Crippen LogP contribution in [0.4, 0.5) is 0 Å². The van der Waals surface area contributed by atoms with E-state index in [1.54, 1.807) is 0 Å². The highest BCUT2D eigenvalue weighted by Crippen LogP contribution is 2.35. The second-order valence-electron chi connectivity index (χ2n) is 23.4. The van der Waals surface area contributed by atoms with Crippen molar-refractivity contribution in [3.63, 3.8) is 0 Å². The van der Waals surface area contributed by atoms with Gasteiger partial charge in [-0.25, -0.2) is 0 Å². The van der Waals surface area contributed by atoms with Crippen LogP contribution >= 0.6 is 50.5 Å². The van der Waals surface area contributed by atoms with Crippen molar-refractivity contribution in [3.8, 4) is 0 Å². The van der Waals surface area contributed by atoms with E-state index in [4.69, 9.17) is 56.8 Å². The molecule has 0 saturated carbocycles. The molecule has 8 aliphatic heterocycles. The summed E-state index contributed by atoms with van der Waals surface area (Å²) in [5.74, 6) is 0.268. The van der Waals surface area contributed by atoms with E-state index >= 15 is 0 Å². The number of aliphatic hydroxyl groups excluding tert-OH is 24. The first-order chi connectivity index (χ1) is 43.2. The monoisotopic (exact) mass is 1420 g/mol. The molecule has 16 unspecified atom stereocenters. The van der Waals surface area contributed by atoms with Crippen LogP contribution in [0.1, 0.15) is 27.7 Å². The molecule has 8 fully saturated rings. The van der Waals surface area contributed by atoms with Gasteiger partial charge in [-0.05, 0) is 27.7 Å². The Kier molecular flexibility index (Phi) is 33.7. The number of hydrogen-bond acceptors (Lipinski definition) is 40. The number of hydrogen-bond donors (Lipinski definition) is 28. The van der Waals surface area contributed by atoms with Crippen LogP contribution in [0.2, 0.25) is 0 Å². The van der Waals surface area contributed by atoms with E-state index in [9.17, 15) is 123 Å². The minimum atomic E-state index is -1.58. The first kappa shape index (κ1) is 82.6. The minimum absolute atomic E-state index is 0.0671. The molecule has 0 amide bonds. The molecule has 0 aromatic heterocycles. The van der Waals surface area contributed by atoms with Crippen molar-refractivity contribution in [2.24, 2.45) is 0 Å². The molecule has 0 aliphatic carbocycles. The lowest BCUT2D eigenvalue weighted by Gasteiger charge is -2.45. The van der Waals surface area contributed by atoms with E-state index in [-0.39, 0.29) is 23.0 Å². The van der Waals surface area contributed by atoms with Crippen LogP contribution in [0.5, 0.6) is 0 Å². The average molecular weight is 1430 g/mol. The minimum Gasteiger partial charge on any atom is -0.394 e. The van der Waals surface area contributed by atoms with Crippen molar-refractivity contribution in [3.05, 3.63) is 0 Å². The molecule has 24 N–H and O–H groups in total. The Hall–Kier alpha value is -0.0400. The number of rotatable bonds is 16. The standard InChI is InChI=1S/4C13H24O9S/c4*1-4-7(15)10(18)12(5(2-14)20-4)22-13-11(19)9(17)8(16)6(3-23)21-13/h4*4-19,23H,2-3H2,1H3/t4-,5?,6?,7?,8+,9+,10-,11?,12-,13+;4-,5?,6?,7?,8-,9-,10+,11?,12+,13-;2*4-,5?,6?,7?,8-,9-,10+,11?,12-,13-/m1000/s1. The van der Waals surface area contributed by atoms with E-state index in [1.807, 2.05) is 0 Å². The van der Waals surface area contributed by atoms with Gasteiger partial charge in [-0.2, -0.15) is 50.5 Å². The molecule has 8 aliphatic rings. The SMILES string of the molecule is C[C@@H]1OC(CO)[C@@H](O[C@@H]2OC(CS)[C@H](O)[C@H](O)C2O)[C@H](O)C1O.C[C@@H]1OC(CO)[C@H](O[C@@H]2OC(CS)[C@H](O)[C@H](O)C2O)[C@H](O)C1O.C[C@@H]1OC(CO)[C@H](O[C@@H]2OC(CS)[C@H](O)[C@H](O)C2O)[C@H](O)C1O.C[C@H]1OC(CO)[C@@H](O[C@@H]2OC(CS)[C@H](O)[C@H](O)C2O)[C@H](O)C1O. The molecule has 0 bridgehead atoms.